The predicted octanol–water partition coefficient (Wildman–Crippen LogP) is -0.726. The topological polar surface area (TPSA) is 99.2 Å². The van der Waals surface area contributed by atoms with Crippen molar-refractivity contribution in [1.82, 2.24) is 34.9 Å². The van der Waals surface area contributed by atoms with E-state index in [2.05, 4.69) is 25.4 Å². The van der Waals surface area contributed by atoms with Crippen molar-refractivity contribution in [3.05, 3.63) is 35.2 Å². The van der Waals surface area contributed by atoms with Crippen molar-refractivity contribution in [2.75, 3.05) is 26.2 Å². The summed E-state index contributed by atoms with van der Waals surface area (Å²) in [6.45, 7) is 3.37. The largest absolute Gasteiger partial charge is 0.353 e. The number of aromatic nitrogens is 4. The average Bonchev–Trinajstić information content (AvgIpc) is 3.20. The number of imidazole rings is 1. The molecular weight excluding hydrogens is 322 g/mol. The maximum Gasteiger partial charge on any atom is 0.275 e. The maximum atomic E-state index is 12.8. The molecule has 0 spiro atoms. The molecule has 4 heterocycles. The summed E-state index contributed by atoms with van der Waals surface area (Å²) >= 11 is 0. The van der Waals surface area contributed by atoms with Gasteiger partial charge in [-0.05, 0) is 0 Å². The Balaban J connectivity index is 1.52. The number of nitrogens with one attached hydrogen (secondary N) is 2. The zero-order valence-corrected chi connectivity index (χ0v) is 14.2. The molecule has 0 saturated carbocycles. The van der Waals surface area contributed by atoms with Gasteiger partial charge in [-0.1, -0.05) is 0 Å². The third kappa shape index (κ3) is 3.02. The molecule has 9 nitrogen and oxygen atoms in total. The minimum atomic E-state index is -0.175. The van der Waals surface area contributed by atoms with Gasteiger partial charge in [-0.3, -0.25) is 19.6 Å². The predicted molar refractivity (Wildman–Crippen MR) is 88.5 cm³/mol. The lowest BCUT2D eigenvalue weighted by Crippen LogP contribution is -2.50. The van der Waals surface area contributed by atoms with E-state index in [4.69, 9.17) is 0 Å². The Bertz CT molecular complexity index is 809. The summed E-state index contributed by atoms with van der Waals surface area (Å²) in [5, 5.41) is 9.99. The molecule has 2 aliphatic heterocycles. The lowest BCUT2D eigenvalue weighted by atomic mass is 10.0. The summed E-state index contributed by atoms with van der Waals surface area (Å²) < 4.78 is 2.00. The Hall–Kier alpha value is -2.68. The van der Waals surface area contributed by atoms with Crippen LogP contribution >= 0.6 is 0 Å². The molecule has 2 amide bonds. The van der Waals surface area contributed by atoms with Crippen LogP contribution in [-0.2, 0) is 31.4 Å². The highest BCUT2D eigenvalue weighted by Gasteiger charge is 2.30. The van der Waals surface area contributed by atoms with Gasteiger partial charge in [0.25, 0.3) is 5.91 Å². The molecule has 4 rings (SSSR count). The fraction of sp³-hybridized carbons (Fsp3) is 0.500. The van der Waals surface area contributed by atoms with Gasteiger partial charge in [0.2, 0.25) is 5.91 Å². The van der Waals surface area contributed by atoms with Gasteiger partial charge >= 0.3 is 0 Å². The van der Waals surface area contributed by atoms with E-state index >= 15 is 0 Å². The number of hydrogen-bond acceptors (Lipinski definition) is 5. The van der Waals surface area contributed by atoms with E-state index in [0.29, 0.717) is 25.3 Å². The minimum Gasteiger partial charge on any atom is -0.353 e. The van der Waals surface area contributed by atoms with Crippen molar-refractivity contribution in [1.29, 1.82) is 0 Å². The summed E-state index contributed by atoms with van der Waals surface area (Å²) in [7, 11) is 1.98. The summed E-state index contributed by atoms with van der Waals surface area (Å²) in [6.07, 6.45) is 4.54. The van der Waals surface area contributed by atoms with Crippen LogP contribution in [0.1, 0.15) is 27.6 Å². The van der Waals surface area contributed by atoms with E-state index in [0.717, 1.165) is 36.6 Å². The first-order valence-corrected chi connectivity index (χ1v) is 8.42. The van der Waals surface area contributed by atoms with Crippen molar-refractivity contribution in [2.45, 2.75) is 19.5 Å². The molecule has 0 atom stereocenters. The molecule has 2 aromatic heterocycles. The number of aromatic amines is 1. The number of carbonyl (C=O) groups is 2. The smallest absolute Gasteiger partial charge is 0.275 e. The highest BCUT2D eigenvalue weighted by molar-refractivity contribution is 5.96. The number of carbonyl (C=O) groups excluding carboxylic acids is 2. The van der Waals surface area contributed by atoms with Gasteiger partial charge in [0.15, 0.2) is 5.69 Å². The van der Waals surface area contributed by atoms with Gasteiger partial charge in [-0.15, -0.1) is 0 Å². The second-order valence-corrected chi connectivity index (χ2v) is 6.52. The molecule has 0 aliphatic carbocycles. The van der Waals surface area contributed by atoms with Gasteiger partial charge in [0.05, 0.1) is 13.1 Å². The van der Waals surface area contributed by atoms with Gasteiger partial charge in [0, 0.05) is 63.3 Å². The molecule has 1 saturated heterocycles. The van der Waals surface area contributed by atoms with Crippen molar-refractivity contribution in [3.63, 3.8) is 0 Å². The molecule has 0 radical (unpaired) electrons. The quantitative estimate of drug-likeness (QED) is 0.766. The Morgan fingerprint density at radius 2 is 2.20 bits per heavy atom. The third-order valence-corrected chi connectivity index (χ3v) is 4.83. The number of aryl methyl sites for hydroxylation is 1. The van der Waals surface area contributed by atoms with Crippen LogP contribution in [0.5, 0.6) is 0 Å². The van der Waals surface area contributed by atoms with E-state index in [-0.39, 0.29) is 18.4 Å². The molecule has 2 aromatic rings. The van der Waals surface area contributed by atoms with Gasteiger partial charge in [-0.25, -0.2) is 4.98 Å². The molecule has 2 N–H and O–H groups in total. The van der Waals surface area contributed by atoms with E-state index in [1.165, 1.54) is 0 Å². The Morgan fingerprint density at radius 1 is 1.32 bits per heavy atom. The Labute approximate surface area is 145 Å². The van der Waals surface area contributed by atoms with E-state index < -0.39 is 0 Å². The van der Waals surface area contributed by atoms with Crippen molar-refractivity contribution >= 4 is 11.8 Å². The van der Waals surface area contributed by atoms with E-state index in [1.807, 2.05) is 17.8 Å². The average molecular weight is 343 g/mol. The lowest BCUT2D eigenvalue weighted by molar-refractivity contribution is -0.123. The monoisotopic (exact) mass is 343 g/mol. The first kappa shape index (κ1) is 15.8. The fourth-order valence-corrected chi connectivity index (χ4v) is 3.37. The number of rotatable bonds is 3. The summed E-state index contributed by atoms with van der Waals surface area (Å²) in [5.41, 5.74) is 2.39. The second-order valence-electron chi connectivity index (χ2n) is 6.52. The molecule has 0 aromatic carbocycles. The standard InChI is InChI=1S/C16H21N7O2/c1-21-6-3-17-13(21)9-22-5-2-12-11(8-22)15(20-19-12)16(25)23-7-4-18-14(24)10-23/h3,6H,2,4-5,7-10H2,1H3,(H,18,24)(H,19,20). The maximum absolute atomic E-state index is 12.8. The van der Waals surface area contributed by atoms with Gasteiger partial charge in [0.1, 0.15) is 5.82 Å². The van der Waals surface area contributed by atoms with Crippen molar-refractivity contribution in [3.8, 4) is 0 Å². The highest BCUT2D eigenvalue weighted by Crippen LogP contribution is 2.22. The Kier molecular flexibility index (Phi) is 4.00. The SMILES string of the molecule is Cn1ccnc1CN1CCc2[nH]nc(C(=O)N3CCNC(=O)C3)c2C1. The summed E-state index contributed by atoms with van der Waals surface area (Å²) in [6, 6.07) is 0. The normalized spacial score (nSPS) is 18.1. The molecule has 2 aliphatic rings. The summed E-state index contributed by atoms with van der Waals surface area (Å²) in [5.74, 6) is 0.694. The first-order chi connectivity index (χ1) is 12.1. The van der Waals surface area contributed by atoms with Crippen molar-refractivity contribution in [2.24, 2.45) is 7.05 Å². The zero-order chi connectivity index (χ0) is 17.4. The van der Waals surface area contributed by atoms with Crippen LogP contribution in [0.3, 0.4) is 0 Å². The molecule has 132 valence electrons. The molecule has 0 bridgehead atoms. The minimum absolute atomic E-state index is 0.0947. The van der Waals surface area contributed by atoms with Crippen LogP contribution in [0, 0.1) is 0 Å². The summed E-state index contributed by atoms with van der Waals surface area (Å²) in [4.78, 5) is 32.5. The number of amides is 2. The highest BCUT2D eigenvalue weighted by atomic mass is 16.2. The van der Waals surface area contributed by atoms with Crippen LogP contribution in [-0.4, -0.2) is 67.5 Å². The fourth-order valence-electron chi connectivity index (χ4n) is 3.37. The third-order valence-electron chi connectivity index (χ3n) is 4.83. The number of nitrogens with zero attached hydrogens (tertiary/aromatic N) is 5. The van der Waals surface area contributed by atoms with Gasteiger partial charge in [-0.2, -0.15) is 5.10 Å². The number of hydrogen-bond donors (Lipinski definition) is 2. The number of piperazine rings is 1. The lowest BCUT2D eigenvalue weighted by Gasteiger charge is -2.28. The number of H-pyrrole nitrogens is 1. The van der Waals surface area contributed by atoms with Crippen LogP contribution < -0.4 is 5.32 Å². The molecule has 9 heteroatoms. The van der Waals surface area contributed by atoms with Crippen LogP contribution in [0.15, 0.2) is 12.4 Å². The number of fused-ring (bicyclic) bond motifs is 1. The van der Waals surface area contributed by atoms with Crippen LogP contribution in [0.25, 0.3) is 0 Å². The molecule has 25 heavy (non-hydrogen) atoms. The first-order valence-electron chi connectivity index (χ1n) is 8.42. The zero-order valence-electron chi connectivity index (χ0n) is 14.2. The molecule has 0 unspecified atom stereocenters. The van der Waals surface area contributed by atoms with Crippen LogP contribution in [0.4, 0.5) is 0 Å². The van der Waals surface area contributed by atoms with Crippen molar-refractivity contribution < 1.29 is 9.59 Å². The molecule has 1 fully saturated rings. The Morgan fingerprint density at radius 3 is 2.96 bits per heavy atom. The molecular formula is C16H21N7O2. The van der Waals surface area contributed by atoms with E-state index in [9.17, 15) is 9.59 Å². The van der Waals surface area contributed by atoms with Gasteiger partial charge < -0.3 is 14.8 Å². The van der Waals surface area contributed by atoms with E-state index in [1.54, 1.807) is 11.1 Å². The van der Waals surface area contributed by atoms with Crippen LogP contribution in [0.2, 0.25) is 0 Å². The second kappa shape index (κ2) is 6.32.